The largest absolute Gasteiger partial charge is 0.350 e. The smallest absolute Gasteiger partial charge is 0.291 e. The van der Waals surface area contributed by atoms with Crippen molar-refractivity contribution in [2.45, 2.75) is 13.1 Å². The van der Waals surface area contributed by atoms with Gasteiger partial charge in [-0.05, 0) is 46.8 Å². The molecule has 0 fully saturated rings. The molecule has 2 N–H and O–H groups in total. The molecule has 152 valence electrons. The molecule has 0 radical (unpaired) electrons. The van der Waals surface area contributed by atoms with E-state index in [2.05, 4.69) is 20.7 Å². The number of nitrogens with zero attached hydrogens (tertiary/aromatic N) is 3. The van der Waals surface area contributed by atoms with E-state index < -0.39 is 0 Å². The molecule has 9 heteroatoms. The van der Waals surface area contributed by atoms with Crippen LogP contribution in [0.3, 0.4) is 0 Å². The SMILES string of the molecule is O=C(c1cccs1)n1nc(NCc2ccc(Cl)cc2)nc1NCc1ccc(Cl)cc1. The average molecular weight is 458 g/mol. The van der Waals surface area contributed by atoms with Crippen LogP contribution in [0.4, 0.5) is 11.9 Å². The topological polar surface area (TPSA) is 71.8 Å². The van der Waals surface area contributed by atoms with Crippen molar-refractivity contribution < 1.29 is 4.79 Å². The summed E-state index contributed by atoms with van der Waals surface area (Å²) in [6.45, 7) is 0.981. The first kappa shape index (κ1) is 20.4. The Bertz CT molecular complexity index is 1130. The Morgan fingerprint density at radius 2 is 1.50 bits per heavy atom. The summed E-state index contributed by atoms with van der Waals surface area (Å²) in [4.78, 5) is 17.9. The van der Waals surface area contributed by atoms with Crippen molar-refractivity contribution in [3.63, 3.8) is 0 Å². The molecule has 4 aromatic rings. The highest BCUT2D eigenvalue weighted by atomic mass is 35.5. The summed E-state index contributed by atoms with van der Waals surface area (Å²) in [7, 11) is 0. The van der Waals surface area contributed by atoms with E-state index in [1.165, 1.54) is 16.0 Å². The van der Waals surface area contributed by atoms with E-state index in [4.69, 9.17) is 23.2 Å². The van der Waals surface area contributed by atoms with Gasteiger partial charge in [0.1, 0.15) is 0 Å². The summed E-state index contributed by atoms with van der Waals surface area (Å²) >= 11 is 13.2. The molecule has 30 heavy (non-hydrogen) atoms. The van der Waals surface area contributed by atoms with Gasteiger partial charge in [0.2, 0.25) is 11.9 Å². The normalized spacial score (nSPS) is 10.7. The lowest BCUT2D eigenvalue weighted by molar-refractivity contribution is 0.0951. The van der Waals surface area contributed by atoms with Crippen molar-refractivity contribution in [1.82, 2.24) is 14.8 Å². The monoisotopic (exact) mass is 457 g/mol. The lowest BCUT2D eigenvalue weighted by atomic mass is 10.2. The second kappa shape index (κ2) is 9.30. The van der Waals surface area contributed by atoms with Crippen molar-refractivity contribution in [2.75, 3.05) is 10.6 Å². The third-order valence-electron chi connectivity index (χ3n) is 4.26. The number of benzene rings is 2. The number of thiophene rings is 1. The number of carbonyl (C=O) groups is 1. The number of carbonyl (C=O) groups excluding carboxylic acids is 1. The summed E-state index contributed by atoms with van der Waals surface area (Å²) in [6, 6.07) is 18.5. The van der Waals surface area contributed by atoms with E-state index >= 15 is 0 Å². The maximum absolute atomic E-state index is 12.9. The van der Waals surface area contributed by atoms with Crippen LogP contribution in [0.1, 0.15) is 20.8 Å². The van der Waals surface area contributed by atoms with Gasteiger partial charge in [-0.15, -0.1) is 16.4 Å². The van der Waals surface area contributed by atoms with Crippen LogP contribution >= 0.6 is 34.5 Å². The van der Waals surface area contributed by atoms with Gasteiger partial charge >= 0.3 is 0 Å². The number of halogens is 2. The third-order valence-corrected chi connectivity index (χ3v) is 5.62. The molecule has 0 aliphatic rings. The van der Waals surface area contributed by atoms with Gasteiger partial charge in [-0.25, -0.2) is 0 Å². The lowest BCUT2D eigenvalue weighted by Crippen LogP contribution is -2.16. The Morgan fingerprint density at radius 3 is 2.07 bits per heavy atom. The quantitative estimate of drug-likeness (QED) is 0.380. The Labute approximate surface area is 187 Å². The Morgan fingerprint density at radius 1 is 0.900 bits per heavy atom. The number of hydrogen-bond donors (Lipinski definition) is 2. The van der Waals surface area contributed by atoms with Crippen LogP contribution in [0.2, 0.25) is 10.0 Å². The van der Waals surface area contributed by atoms with Gasteiger partial charge in [-0.1, -0.05) is 53.5 Å². The Kier molecular flexibility index (Phi) is 6.32. The fraction of sp³-hybridized carbons (Fsp3) is 0.0952. The molecule has 6 nitrogen and oxygen atoms in total. The molecular formula is C21H17Cl2N5OS. The van der Waals surface area contributed by atoms with Crippen LogP contribution in [0, 0.1) is 0 Å². The molecule has 4 rings (SSSR count). The van der Waals surface area contributed by atoms with E-state index in [0.717, 1.165) is 11.1 Å². The summed E-state index contributed by atoms with van der Waals surface area (Å²) in [5.74, 6) is 0.478. The van der Waals surface area contributed by atoms with Crippen molar-refractivity contribution >= 4 is 52.3 Å². The van der Waals surface area contributed by atoms with E-state index in [1.807, 2.05) is 60.0 Å². The molecule has 2 aromatic heterocycles. The summed E-state index contributed by atoms with van der Waals surface area (Å²) in [5.41, 5.74) is 2.03. The van der Waals surface area contributed by atoms with Gasteiger partial charge in [0, 0.05) is 23.1 Å². The summed E-state index contributed by atoms with van der Waals surface area (Å²) in [5, 5.41) is 13.9. The van der Waals surface area contributed by atoms with Gasteiger partial charge in [0.05, 0.1) is 4.88 Å². The molecule has 2 aromatic carbocycles. The van der Waals surface area contributed by atoms with Gasteiger partial charge in [0.25, 0.3) is 5.91 Å². The zero-order valence-corrected chi connectivity index (χ0v) is 18.0. The Hall–Kier alpha value is -2.87. The van der Waals surface area contributed by atoms with E-state index in [1.54, 1.807) is 6.07 Å². The molecule has 0 spiro atoms. The second-order valence-corrected chi connectivity index (χ2v) is 8.23. The fourth-order valence-electron chi connectivity index (χ4n) is 2.71. The number of hydrogen-bond acceptors (Lipinski definition) is 6. The number of rotatable bonds is 7. The molecule has 0 aliphatic heterocycles. The van der Waals surface area contributed by atoms with Crippen molar-refractivity contribution in [3.05, 3.63) is 92.1 Å². The van der Waals surface area contributed by atoms with Gasteiger partial charge < -0.3 is 10.6 Å². The maximum atomic E-state index is 12.9. The van der Waals surface area contributed by atoms with Gasteiger partial charge in [-0.3, -0.25) is 4.79 Å². The van der Waals surface area contributed by atoms with Crippen molar-refractivity contribution in [3.8, 4) is 0 Å². The first-order chi connectivity index (χ1) is 14.6. The molecule has 0 saturated carbocycles. The summed E-state index contributed by atoms with van der Waals surface area (Å²) < 4.78 is 1.28. The molecule has 0 amide bonds. The van der Waals surface area contributed by atoms with Crippen LogP contribution < -0.4 is 10.6 Å². The van der Waals surface area contributed by atoms with E-state index in [9.17, 15) is 4.79 Å². The molecule has 0 saturated heterocycles. The fourth-order valence-corrected chi connectivity index (χ4v) is 3.61. The second-order valence-electron chi connectivity index (χ2n) is 6.41. The van der Waals surface area contributed by atoms with Crippen LogP contribution in [0.15, 0.2) is 66.0 Å². The number of anilines is 2. The zero-order chi connectivity index (χ0) is 20.9. The first-order valence-electron chi connectivity index (χ1n) is 9.10. The predicted molar refractivity (Wildman–Crippen MR) is 122 cm³/mol. The molecule has 0 unspecified atom stereocenters. The lowest BCUT2D eigenvalue weighted by Gasteiger charge is -2.06. The van der Waals surface area contributed by atoms with Gasteiger partial charge in [-0.2, -0.15) is 9.67 Å². The van der Waals surface area contributed by atoms with Gasteiger partial charge in [0.15, 0.2) is 0 Å². The summed E-state index contributed by atoms with van der Waals surface area (Å²) in [6.07, 6.45) is 0. The van der Waals surface area contributed by atoms with E-state index in [0.29, 0.717) is 39.9 Å². The maximum Gasteiger partial charge on any atom is 0.291 e. The molecule has 0 bridgehead atoms. The molecule has 2 heterocycles. The molecular weight excluding hydrogens is 441 g/mol. The van der Waals surface area contributed by atoms with Crippen LogP contribution in [-0.2, 0) is 13.1 Å². The highest BCUT2D eigenvalue weighted by Gasteiger charge is 2.18. The zero-order valence-electron chi connectivity index (χ0n) is 15.7. The minimum absolute atomic E-state index is 0.240. The third kappa shape index (κ3) is 4.99. The standard InChI is InChI=1S/C21H17Cl2N5OS/c22-16-7-3-14(4-8-16)12-24-20-26-21(25-13-15-5-9-17(23)10-6-15)28(27-20)19(29)18-2-1-11-30-18/h1-11H,12-13H2,(H2,24,25,26,27). The number of nitrogens with one attached hydrogen (secondary N) is 2. The van der Waals surface area contributed by atoms with Crippen molar-refractivity contribution in [1.29, 1.82) is 0 Å². The van der Waals surface area contributed by atoms with E-state index in [-0.39, 0.29) is 5.91 Å². The predicted octanol–water partition coefficient (Wildman–Crippen LogP) is 5.56. The van der Waals surface area contributed by atoms with Crippen LogP contribution in [-0.4, -0.2) is 20.7 Å². The first-order valence-corrected chi connectivity index (χ1v) is 10.7. The average Bonchev–Trinajstić information content (AvgIpc) is 3.43. The minimum atomic E-state index is -0.240. The van der Waals surface area contributed by atoms with Crippen LogP contribution in [0.25, 0.3) is 0 Å². The minimum Gasteiger partial charge on any atom is -0.350 e. The molecule has 0 aliphatic carbocycles. The highest BCUT2D eigenvalue weighted by molar-refractivity contribution is 7.12. The molecule has 0 atom stereocenters. The van der Waals surface area contributed by atoms with Crippen molar-refractivity contribution in [2.24, 2.45) is 0 Å². The highest BCUT2D eigenvalue weighted by Crippen LogP contribution is 2.18. The number of aromatic nitrogens is 3. The Balaban J connectivity index is 1.53. The van der Waals surface area contributed by atoms with Crippen LogP contribution in [0.5, 0.6) is 0 Å².